The number of hydrogen-bond acceptors (Lipinski definition) is 5. The number of rotatable bonds is 3. The van der Waals surface area contributed by atoms with Crippen LogP contribution in [0.3, 0.4) is 0 Å². The van der Waals surface area contributed by atoms with Crippen molar-refractivity contribution in [3.63, 3.8) is 0 Å². The van der Waals surface area contributed by atoms with Crippen LogP contribution in [0.25, 0.3) is 10.9 Å². The minimum atomic E-state index is -1.52. The van der Waals surface area contributed by atoms with E-state index in [0.717, 1.165) is 23.3 Å². The number of nitrogens with zero attached hydrogens (tertiary/aromatic N) is 5. The lowest BCUT2D eigenvalue weighted by Crippen LogP contribution is -2.60. The van der Waals surface area contributed by atoms with Crippen LogP contribution in [0, 0.1) is 5.82 Å². The summed E-state index contributed by atoms with van der Waals surface area (Å²) in [6.45, 7) is 4.47. The van der Waals surface area contributed by atoms with Crippen molar-refractivity contribution in [3.8, 4) is 0 Å². The summed E-state index contributed by atoms with van der Waals surface area (Å²) in [7, 11) is 0. The second-order valence-electron chi connectivity index (χ2n) is 7.13. The van der Waals surface area contributed by atoms with Gasteiger partial charge in [-0.3, -0.25) is 5.10 Å². The van der Waals surface area contributed by atoms with E-state index in [1.165, 1.54) is 13.8 Å². The zero-order chi connectivity index (χ0) is 19.2. The number of piperazine rings is 1. The summed E-state index contributed by atoms with van der Waals surface area (Å²) in [6.07, 6.45) is 2.23. The van der Waals surface area contributed by atoms with Crippen LogP contribution in [-0.4, -0.2) is 51.5 Å². The second kappa shape index (κ2) is 6.60. The summed E-state index contributed by atoms with van der Waals surface area (Å²) in [5.41, 5.74) is -0.720. The molecule has 0 bridgehead atoms. The van der Waals surface area contributed by atoms with Crippen LogP contribution >= 0.6 is 11.6 Å². The fourth-order valence-electron chi connectivity index (χ4n) is 3.50. The Hall–Kier alpha value is -2.48. The first-order valence-electron chi connectivity index (χ1n) is 8.65. The normalized spacial score (nSPS) is 18.3. The lowest BCUT2D eigenvalue weighted by Gasteiger charge is -2.45. The van der Waals surface area contributed by atoms with E-state index in [2.05, 4.69) is 20.2 Å². The number of aromatic nitrogens is 4. The van der Waals surface area contributed by atoms with E-state index in [1.807, 2.05) is 21.9 Å². The first-order valence-corrected chi connectivity index (χ1v) is 9.03. The fourth-order valence-corrected chi connectivity index (χ4v) is 3.75. The standard InChI is InChI=1S/C18H19ClF2N6/c1-18(2,21)14-10-26(17-22-8-11(20)9-23-17)6-7-27(14)16-15-12(19)4-3-5-13(15)24-25-16/h3-5,8-9,14H,6-7,10H2,1-2H3,(H,24,25). The summed E-state index contributed by atoms with van der Waals surface area (Å²) < 4.78 is 28.2. The van der Waals surface area contributed by atoms with Gasteiger partial charge in [-0.05, 0) is 26.0 Å². The molecule has 27 heavy (non-hydrogen) atoms. The predicted octanol–water partition coefficient (Wildman–Crippen LogP) is 3.59. The number of aromatic amines is 1. The predicted molar refractivity (Wildman–Crippen MR) is 102 cm³/mol. The molecule has 0 radical (unpaired) electrons. The molecule has 0 spiro atoms. The van der Waals surface area contributed by atoms with E-state index in [9.17, 15) is 4.39 Å². The third-order valence-electron chi connectivity index (χ3n) is 4.85. The molecule has 1 fully saturated rings. The molecule has 1 aromatic carbocycles. The first kappa shape index (κ1) is 17.9. The largest absolute Gasteiger partial charge is 0.345 e. The molecule has 2 aromatic heterocycles. The Morgan fingerprint density at radius 3 is 2.67 bits per heavy atom. The van der Waals surface area contributed by atoms with Gasteiger partial charge in [0.05, 0.1) is 34.4 Å². The molecule has 0 aliphatic carbocycles. The Kier molecular flexibility index (Phi) is 4.38. The lowest BCUT2D eigenvalue weighted by molar-refractivity contribution is 0.161. The van der Waals surface area contributed by atoms with Gasteiger partial charge in [0.15, 0.2) is 11.6 Å². The molecule has 3 aromatic rings. The fraction of sp³-hybridized carbons (Fsp3) is 0.389. The van der Waals surface area contributed by atoms with Crippen molar-refractivity contribution >= 4 is 34.3 Å². The highest BCUT2D eigenvalue weighted by Crippen LogP contribution is 2.36. The lowest BCUT2D eigenvalue weighted by atomic mass is 9.96. The summed E-state index contributed by atoms with van der Waals surface area (Å²) in [5.74, 6) is 0.513. The number of hydrogen-bond donors (Lipinski definition) is 1. The third-order valence-corrected chi connectivity index (χ3v) is 5.17. The van der Waals surface area contributed by atoms with Crippen LogP contribution in [0.2, 0.25) is 5.02 Å². The minimum absolute atomic E-state index is 0.341. The zero-order valence-corrected chi connectivity index (χ0v) is 15.7. The third kappa shape index (κ3) is 3.29. The van der Waals surface area contributed by atoms with Gasteiger partial charge in [0.2, 0.25) is 5.95 Å². The van der Waals surface area contributed by atoms with E-state index in [1.54, 1.807) is 6.07 Å². The van der Waals surface area contributed by atoms with Crippen molar-refractivity contribution in [2.45, 2.75) is 25.6 Å². The smallest absolute Gasteiger partial charge is 0.225 e. The van der Waals surface area contributed by atoms with E-state index in [-0.39, 0.29) is 0 Å². The molecule has 9 heteroatoms. The molecule has 0 saturated carbocycles. The Bertz CT molecular complexity index is 953. The molecular formula is C18H19ClF2N6. The molecule has 1 atom stereocenters. The Morgan fingerprint density at radius 1 is 1.22 bits per heavy atom. The summed E-state index contributed by atoms with van der Waals surface area (Å²) in [5, 5.41) is 8.72. The van der Waals surface area contributed by atoms with Gasteiger partial charge in [0.1, 0.15) is 5.67 Å². The second-order valence-corrected chi connectivity index (χ2v) is 7.54. The van der Waals surface area contributed by atoms with Crippen molar-refractivity contribution in [1.29, 1.82) is 0 Å². The number of halogens is 3. The maximum absolute atomic E-state index is 15.1. The zero-order valence-electron chi connectivity index (χ0n) is 15.0. The molecule has 1 aliphatic heterocycles. The van der Waals surface area contributed by atoms with Crippen LogP contribution < -0.4 is 9.80 Å². The molecule has 1 saturated heterocycles. The minimum Gasteiger partial charge on any atom is -0.345 e. The Balaban J connectivity index is 1.70. The van der Waals surface area contributed by atoms with Crippen LogP contribution in [0.15, 0.2) is 30.6 Å². The van der Waals surface area contributed by atoms with Crippen LogP contribution in [0.1, 0.15) is 13.8 Å². The van der Waals surface area contributed by atoms with Gasteiger partial charge in [0.25, 0.3) is 0 Å². The van der Waals surface area contributed by atoms with Crippen molar-refractivity contribution in [2.24, 2.45) is 0 Å². The monoisotopic (exact) mass is 392 g/mol. The topological polar surface area (TPSA) is 60.9 Å². The average molecular weight is 393 g/mol. The van der Waals surface area contributed by atoms with E-state index in [4.69, 9.17) is 11.6 Å². The summed E-state index contributed by atoms with van der Waals surface area (Å²) in [6, 6.07) is 5.01. The molecule has 6 nitrogen and oxygen atoms in total. The molecule has 142 valence electrons. The van der Waals surface area contributed by atoms with Crippen molar-refractivity contribution in [1.82, 2.24) is 20.2 Å². The van der Waals surface area contributed by atoms with Crippen LogP contribution in [-0.2, 0) is 0 Å². The molecule has 1 aliphatic rings. The van der Waals surface area contributed by atoms with E-state index < -0.39 is 17.5 Å². The van der Waals surface area contributed by atoms with E-state index in [0.29, 0.717) is 36.4 Å². The summed E-state index contributed by atoms with van der Waals surface area (Å²) >= 11 is 6.38. The highest BCUT2D eigenvalue weighted by atomic mass is 35.5. The number of nitrogens with one attached hydrogen (secondary N) is 1. The summed E-state index contributed by atoms with van der Waals surface area (Å²) in [4.78, 5) is 11.8. The number of benzene rings is 1. The number of alkyl halides is 1. The van der Waals surface area contributed by atoms with Crippen LogP contribution in [0.5, 0.6) is 0 Å². The van der Waals surface area contributed by atoms with Gasteiger partial charge in [0, 0.05) is 19.6 Å². The number of H-pyrrole nitrogens is 1. The molecule has 1 unspecified atom stereocenters. The SMILES string of the molecule is CC(C)(F)C1CN(c2ncc(F)cn2)CCN1c1n[nH]c2cccc(Cl)c12. The van der Waals surface area contributed by atoms with Crippen LogP contribution in [0.4, 0.5) is 20.5 Å². The van der Waals surface area contributed by atoms with Gasteiger partial charge in [-0.1, -0.05) is 17.7 Å². The molecule has 3 heterocycles. The Labute approximate surface area is 160 Å². The van der Waals surface area contributed by atoms with Gasteiger partial charge < -0.3 is 9.80 Å². The first-order chi connectivity index (χ1) is 12.8. The van der Waals surface area contributed by atoms with E-state index >= 15 is 4.39 Å². The molecule has 1 N–H and O–H groups in total. The maximum atomic E-state index is 15.1. The molecule has 4 rings (SSSR count). The van der Waals surface area contributed by atoms with Gasteiger partial charge in [-0.25, -0.2) is 18.7 Å². The average Bonchev–Trinajstić information content (AvgIpc) is 3.06. The molecule has 0 amide bonds. The quantitative estimate of drug-likeness (QED) is 0.738. The van der Waals surface area contributed by atoms with Crippen molar-refractivity contribution < 1.29 is 8.78 Å². The van der Waals surface area contributed by atoms with Gasteiger partial charge in [-0.2, -0.15) is 5.10 Å². The van der Waals surface area contributed by atoms with Crippen molar-refractivity contribution in [2.75, 3.05) is 29.4 Å². The van der Waals surface area contributed by atoms with Crippen molar-refractivity contribution in [3.05, 3.63) is 41.4 Å². The van der Waals surface area contributed by atoms with Gasteiger partial charge in [-0.15, -0.1) is 0 Å². The highest BCUT2D eigenvalue weighted by molar-refractivity contribution is 6.36. The number of fused-ring (bicyclic) bond motifs is 1. The highest BCUT2D eigenvalue weighted by Gasteiger charge is 2.41. The van der Waals surface area contributed by atoms with Gasteiger partial charge >= 0.3 is 0 Å². The Morgan fingerprint density at radius 2 is 1.96 bits per heavy atom. The molecular weight excluding hydrogens is 374 g/mol. The maximum Gasteiger partial charge on any atom is 0.225 e. The number of anilines is 2.